The molecular weight excluding hydrogens is 442 g/mol. The van der Waals surface area contributed by atoms with Crippen molar-refractivity contribution in [3.05, 3.63) is 77.5 Å². The number of hydrogen-bond donors (Lipinski definition) is 0. The monoisotopic (exact) mass is 477 g/mol. The summed E-state index contributed by atoms with van der Waals surface area (Å²) in [6.07, 6.45) is 4.48. The van der Waals surface area contributed by atoms with Crippen LogP contribution in [0.25, 0.3) is 42.2 Å². The second-order valence-corrected chi connectivity index (χ2v) is 13.8. The van der Waals surface area contributed by atoms with E-state index < -0.39 is 0 Å². The summed E-state index contributed by atoms with van der Waals surface area (Å²) in [7, 11) is 0. The Labute approximate surface area is 213 Å². The van der Waals surface area contributed by atoms with Crippen LogP contribution in [0.4, 0.5) is 0 Å². The maximum atomic E-state index is 4.98. The largest absolute Gasteiger partial charge is 0.255 e. The normalized spacial score (nSPS) is 17.2. The van der Waals surface area contributed by atoms with Gasteiger partial charge in [-0.05, 0) is 74.7 Å². The molecule has 3 aromatic carbocycles. The van der Waals surface area contributed by atoms with Gasteiger partial charge in [0, 0.05) is 27.2 Å². The van der Waals surface area contributed by atoms with Crippen LogP contribution in [0, 0.1) is 0 Å². The fourth-order valence-electron chi connectivity index (χ4n) is 6.11. The van der Waals surface area contributed by atoms with Crippen molar-refractivity contribution < 1.29 is 0 Å². The molecule has 0 radical (unpaired) electrons. The van der Waals surface area contributed by atoms with Crippen molar-refractivity contribution in [3.8, 4) is 11.3 Å². The maximum absolute atomic E-state index is 4.98. The number of thiophene rings is 1. The van der Waals surface area contributed by atoms with Gasteiger partial charge < -0.3 is 0 Å². The Bertz CT molecular complexity index is 1620. The minimum atomic E-state index is 0.0911. The van der Waals surface area contributed by atoms with Gasteiger partial charge in [0.2, 0.25) is 0 Å². The molecule has 0 unspecified atom stereocenters. The molecule has 6 rings (SSSR count). The van der Waals surface area contributed by atoms with Gasteiger partial charge in [-0.25, -0.2) is 0 Å². The highest BCUT2D eigenvalue weighted by Gasteiger charge is 2.37. The number of aromatic nitrogens is 1. The van der Waals surface area contributed by atoms with Crippen LogP contribution < -0.4 is 0 Å². The Balaban J connectivity index is 1.65. The predicted molar refractivity (Wildman–Crippen MR) is 154 cm³/mol. The van der Waals surface area contributed by atoms with Crippen LogP contribution in [0.2, 0.25) is 0 Å². The van der Waals surface area contributed by atoms with Crippen molar-refractivity contribution in [1.82, 2.24) is 4.98 Å². The maximum Gasteiger partial charge on any atom is 0.0886 e. The lowest BCUT2D eigenvalue weighted by Crippen LogP contribution is -2.33. The Hall–Kier alpha value is -2.71. The third-order valence-corrected chi connectivity index (χ3v) is 9.52. The van der Waals surface area contributed by atoms with Crippen LogP contribution in [0.3, 0.4) is 0 Å². The lowest BCUT2D eigenvalue weighted by atomic mass is 9.63. The van der Waals surface area contributed by atoms with Crippen molar-refractivity contribution in [2.75, 3.05) is 0 Å². The Morgan fingerprint density at radius 3 is 2.09 bits per heavy atom. The summed E-state index contributed by atoms with van der Waals surface area (Å²) < 4.78 is 2.68. The lowest BCUT2D eigenvalue weighted by molar-refractivity contribution is 0.332. The lowest BCUT2D eigenvalue weighted by Gasteiger charge is -2.41. The summed E-state index contributed by atoms with van der Waals surface area (Å²) in [4.78, 5) is 4.98. The zero-order valence-electron chi connectivity index (χ0n) is 22.0. The molecule has 1 nitrogen and oxygen atoms in total. The van der Waals surface area contributed by atoms with E-state index in [1.165, 1.54) is 66.0 Å². The van der Waals surface area contributed by atoms with Crippen molar-refractivity contribution in [2.24, 2.45) is 0 Å². The highest BCUT2D eigenvalue weighted by atomic mass is 32.1. The number of nitrogens with zero attached hydrogens (tertiary/aromatic N) is 1. The molecule has 2 heteroatoms. The zero-order valence-corrected chi connectivity index (χ0v) is 22.9. The fourth-order valence-corrected chi connectivity index (χ4v) is 7.34. The minimum Gasteiger partial charge on any atom is -0.255 e. The first-order valence-electron chi connectivity index (χ1n) is 12.9. The molecule has 1 aliphatic rings. The second kappa shape index (κ2) is 7.40. The molecule has 2 heterocycles. The van der Waals surface area contributed by atoms with Crippen LogP contribution >= 0.6 is 11.3 Å². The van der Waals surface area contributed by atoms with Gasteiger partial charge in [0.05, 0.1) is 10.4 Å². The van der Waals surface area contributed by atoms with Crippen molar-refractivity contribution in [1.29, 1.82) is 0 Å². The van der Waals surface area contributed by atoms with Crippen LogP contribution in [0.15, 0.2) is 60.8 Å². The number of benzene rings is 3. The molecule has 35 heavy (non-hydrogen) atoms. The van der Waals surface area contributed by atoms with Crippen molar-refractivity contribution in [2.45, 2.75) is 77.6 Å². The van der Waals surface area contributed by atoms with Crippen molar-refractivity contribution in [3.63, 3.8) is 0 Å². The molecular formula is C33H35NS. The summed E-state index contributed by atoms with van der Waals surface area (Å²) in [5.74, 6) is 0. The minimum absolute atomic E-state index is 0.0911. The van der Waals surface area contributed by atoms with E-state index in [2.05, 4.69) is 103 Å². The first-order valence-corrected chi connectivity index (χ1v) is 13.7. The molecule has 0 amide bonds. The van der Waals surface area contributed by atoms with Crippen LogP contribution in [0.5, 0.6) is 0 Å². The van der Waals surface area contributed by atoms with E-state index in [4.69, 9.17) is 4.98 Å². The van der Waals surface area contributed by atoms with Gasteiger partial charge in [0.15, 0.2) is 0 Å². The smallest absolute Gasteiger partial charge is 0.0886 e. The SMILES string of the molecule is CC(C)(C)c1ccc(-c2nccc3c2sc2cc4c(cc23)C(C)(C)CCC4(C)C)c2ccccc12. The predicted octanol–water partition coefficient (Wildman–Crippen LogP) is 9.92. The molecule has 1 aliphatic carbocycles. The molecule has 0 N–H and O–H groups in total. The van der Waals surface area contributed by atoms with Gasteiger partial charge in [-0.3, -0.25) is 4.98 Å². The number of rotatable bonds is 1. The molecule has 178 valence electrons. The molecule has 0 bridgehead atoms. The highest BCUT2D eigenvalue weighted by Crippen LogP contribution is 2.50. The summed E-state index contributed by atoms with van der Waals surface area (Å²) >= 11 is 1.91. The first-order chi connectivity index (χ1) is 16.5. The third kappa shape index (κ3) is 3.44. The van der Waals surface area contributed by atoms with Crippen LogP contribution in [-0.4, -0.2) is 4.98 Å². The summed E-state index contributed by atoms with van der Waals surface area (Å²) in [6.45, 7) is 16.5. The Morgan fingerprint density at radius 1 is 0.743 bits per heavy atom. The average Bonchev–Trinajstić information content (AvgIpc) is 3.18. The van der Waals surface area contributed by atoms with Crippen molar-refractivity contribution >= 4 is 42.3 Å². The highest BCUT2D eigenvalue weighted by molar-refractivity contribution is 7.26. The molecule has 0 aliphatic heterocycles. The second-order valence-electron chi connectivity index (χ2n) is 12.8. The first kappa shape index (κ1) is 22.7. The van der Waals surface area contributed by atoms with Crippen LogP contribution in [-0.2, 0) is 16.2 Å². The summed E-state index contributed by atoms with van der Waals surface area (Å²) in [5.41, 5.74) is 7.30. The number of pyridine rings is 1. The van der Waals surface area contributed by atoms with E-state index in [1.54, 1.807) is 0 Å². The topological polar surface area (TPSA) is 12.9 Å². The fraction of sp³-hybridized carbons (Fsp3) is 0.364. The Kier molecular flexibility index (Phi) is 4.81. The molecule has 0 saturated carbocycles. The Morgan fingerprint density at radius 2 is 1.40 bits per heavy atom. The van der Waals surface area contributed by atoms with E-state index in [1.807, 2.05) is 17.5 Å². The summed E-state index contributed by atoms with van der Waals surface area (Å²) in [6, 6.07) is 20.7. The molecule has 0 fully saturated rings. The van der Waals surface area contributed by atoms with Gasteiger partial charge >= 0.3 is 0 Å². The standard InChI is InChI=1S/C33H35NS/c1-31(2,3)25-13-12-22(20-10-8-9-11-21(20)25)29-30-23(14-17-34-29)24-18-26-27(19-28(24)35-30)33(6,7)16-15-32(26,4)5/h8-14,17-19H,15-16H2,1-7H3. The molecule has 0 atom stereocenters. The zero-order chi connectivity index (χ0) is 24.8. The summed E-state index contributed by atoms with van der Waals surface area (Å²) in [5, 5.41) is 5.34. The van der Waals surface area contributed by atoms with Gasteiger partial charge in [0.1, 0.15) is 0 Å². The van der Waals surface area contributed by atoms with Gasteiger partial charge in [-0.15, -0.1) is 11.3 Å². The van der Waals surface area contributed by atoms with Gasteiger partial charge in [0.25, 0.3) is 0 Å². The molecule has 5 aromatic rings. The molecule has 0 saturated heterocycles. The molecule has 0 spiro atoms. The third-order valence-electron chi connectivity index (χ3n) is 8.35. The van der Waals surface area contributed by atoms with E-state index in [-0.39, 0.29) is 16.2 Å². The van der Waals surface area contributed by atoms with E-state index in [0.29, 0.717) is 0 Å². The van der Waals surface area contributed by atoms with Crippen LogP contribution in [0.1, 0.15) is 78.0 Å². The number of hydrogen-bond acceptors (Lipinski definition) is 2. The van der Waals surface area contributed by atoms with Gasteiger partial charge in [-0.1, -0.05) is 84.9 Å². The van der Waals surface area contributed by atoms with E-state index in [9.17, 15) is 0 Å². The van der Waals surface area contributed by atoms with E-state index >= 15 is 0 Å². The molecule has 2 aromatic heterocycles. The van der Waals surface area contributed by atoms with E-state index in [0.717, 1.165) is 5.69 Å². The van der Waals surface area contributed by atoms with Gasteiger partial charge in [-0.2, -0.15) is 0 Å². The quantitative estimate of drug-likeness (QED) is 0.234. The average molecular weight is 478 g/mol. The number of fused-ring (bicyclic) bond motifs is 5.